The highest BCUT2D eigenvalue weighted by Gasteiger charge is 2.19. The highest BCUT2D eigenvalue weighted by molar-refractivity contribution is 6.06. The van der Waals surface area contributed by atoms with Crippen LogP contribution in [-0.4, -0.2) is 59.1 Å². The zero-order valence-corrected chi connectivity index (χ0v) is 20.5. The van der Waals surface area contributed by atoms with E-state index in [4.69, 9.17) is 4.98 Å². The SMILES string of the molecule is Cc1cccc2nc3cccc(C(=O)NCCN(C)CCNc4n[n+]([O-])c5ccccc5[n+]4[O-])c3nc12. The van der Waals surface area contributed by atoms with Crippen LogP contribution in [-0.2, 0) is 0 Å². The number of aryl methyl sites for hydroxylation is 1. The van der Waals surface area contributed by atoms with Crippen molar-refractivity contribution in [3.63, 3.8) is 0 Å². The summed E-state index contributed by atoms with van der Waals surface area (Å²) in [4.78, 5) is 24.8. The van der Waals surface area contributed by atoms with E-state index in [0.29, 0.717) is 52.4 Å². The molecular formula is C26H26N8O3. The van der Waals surface area contributed by atoms with E-state index in [1.54, 1.807) is 36.4 Å². The van der Waals surface area contributed by atoms with Crippen LogP contribution < -0.4 is 20.2 Å². The Morgan fingerprint density at radius 1 is 0.892 bits per heavy atom. The molecule has 5 aromatic rings. The molecule has 0 atom stereocenters. The Morgan fingerprint density at radius 2 is 1.59 bits per heavy atom. The van der Waals surface area contributed by atoms with E-state index < -0.39 is 0 Å². The molecule has 37 heavy (non-hydrogen) atoms. The van der Waals surface area contributed by atoms with Gasteiger partial charge < -0.3 is 20.6 Å². The molecule has 0 unspecified atom stereocenters. The molecule has 1 amide bonds. The minimum absolute atomic E-state index is 0.0600. The first kappa shape index (κ1) is 24.1. The van der Waals surface area contributed by atoms with E-state index in [2.05, 4.69) is 20.7 Å². The molecule has 188 valence electrons. The topological polar surface area (TPSA) is 137 Å². The van der Waals surface area contributed by atoms with Crippen molar-refractivity contribution >= 4 is 45.0 Å². The number of carbonyl (C=O) groups is 1. The first-order valence-electron chi connectivity index (χ1n) is 11.9. The van der Waals surface area contributed by atoms with E-state index in [9.17, 15) is 15.2 Å². The molecular weight excluding hydrogens is 472 g/mol. The quantitative estimate of drug-likeness (QED) is 0.187. The van der Waals surface area contributed by atoms with Crippen LogP contribution in [0.15, 0.2) is 60.7 Å². The van der Waals surface area contributed by atoms with Gasteiger partial charge in [-0.25, -0.2) is 14.7 Å². The highest BCUT2D eigenvalue weighted by Crippen LogP contribution is 2.21. The third-order valence-electron chi connectivity index (χ3n) is 6.18. The molecule has 2 aromatic heterocycles. The maximum absolute atomic E-state index is 12.9. The lowest BCUT2D eigenvalue weighted by atomic mass is 10.1. The second kappa shape index (κ2) is 10.2. The Hall–Kier alpha value is -4.64. The number of aromatic nitrogens is 5. The summed E-state index contributed by atoms with van der Waals surface area (Å²) >= 11 is 0. The summed E-state index contributed by atoms with van der Waals surface area (Å²) in [7, 11) is 1.90. The van der Waals surface area contributed by atoms with Crippen LogP contribution in [0.5, 0.6) is 0 Å². The van der Waals surface area contributed by atoms with Gasteiger partial charge in [-0.1, -0.05) is 30.3 Å². The fraction of sp³-hybridized carbons (Fsp3) is 0.231. The Kier molecular flexibility index (Phi) is 6.60. The zero-order chi connectivity index (χ0) is 25.9. The number of hydrogen-bond donors (Lipinski definition) is 2. The molecule has 0 aliphatic carbocycles. The van der Waals surface area contributed by atoms with Crippen molar-refractivity contribution in [2.24, 2.45) is 0 Å². The third-order valence-corrected chi connectivity index (χ3v) is 6.18. The van der Waals surface area contributed by atoms with Crippen LogP contribution in [0, 0.1) is 17.3 Å². The molecule has 0 aliphatic heterocycles. The Morgan fingerprint density at radius 3 is 2.41 bits per heavy atom. The molecule has 0 aliphatic rings. The molecule has 0 bridgehead atoms. The van der Waals surface area contributed by atoms with Gasteiger partial charge in [0.15, 0.2) is 5.52 Å². The van der Waals surface area contributed by atoms with Crippen LogP contribution in [0.2, 0.25) is 0 Å². The molecule has 2 heterocycles. The maximum atomic E-state index is 12.9. The summed E-state index contributed by atoms with van der Waals surface area (Å²) in [5.41, 5.74) is 4.76. The Balaban J connectivity index is 1.17. The summed E-state index contributed by atoms with van der Waals surface area (Å²) in [6, 6.07) is 17.7. The van der Waals surface area contributed by atoms with Gasteiger partial charge in [-0.05, 0) is 43.8 Å². The molecule has 11 heteroatoms. The van der Waals surface area contributed by atoms with Gasteiger partial charge >= 0.3 is 5.95 Å². The van der Waals surface area contributed by atoms with Gasteiger partial charge in [-0.2, -0.15) is 0 Å². The third kappa shape index (κ3) is 4.89. The highest BCUT2D eigenvalue weighted by atomic mass is 16.5. The number of anilines is 1. The van der Waals surface area contributed by atoms with Gasteiger partial charge in [-0.15, -0.1) is 0 Å². The number of amides is 1. The number of fused-ring (bicyclic) bond motifs is 3. The fourth-order valence-electron chi connectivity index (χ4n) is 4.17. The molecule has 0 spiro atoms. The zero-order valence-electron chi connectivity index (χ0n) is 20.5. The Labute approximate surface area is 212 Å². The first-order chi connectivity index (χ1) is 17.9. The van der Waals surface area contributed by atoms with Crippen molar-refractivity contribution in [3.8, 4) is 0 Å². The van der Waals surface area contributed by atoms with Gasteiger partial charge in [0.05, 0.1) is 28.7 Å². The van der Waals surface area contributed by atoms with Crippen molar-refractivity contribution in [3.05, 3.63) is 82.2 Å². The number of benzene rings is 3. The number of para-hydroxylation sites is 4. The van der Waals surface area contributed by atoms with E-state index in [0.717, 1.165) is 16.6 Å². The number of hydrogen-bond acceptors (Lipinski definition) is 8. The number of nitrogens with zero attached hydrogens (tertiary/aromatic N) is 6. The summed E-state index contributed by atoms with van der Waals surface area (Å²) in [6.45, 7) is 3.93. The molecule has 11 nitrogen and oxygen atoms in total. The predicted molar refractivity (Wildman–Crippen MR) is 140 cm³/mol. The van der Waals surface area contributed by atoms with Gasteiger partial charge in [0.2, 0.25) is 5.10 Å². The largest absolute Gasteiger partial charge is 0.739 e. The summed E-state index contributed by atoms with van der Waals surface area (Å²) < 4.78 is 0.613. The molecule has 0 fully saturated rings. The number of likely N-dealkylation sites (N-methyl/N-ethyl adjacent to an activating group) is 1. The first-order valence-corrected chi connectivity index (χ1v) is 11.9. The van der Waals surface area contributed by atoms with Gasteiger partial charge in [0.1, 0.15) is 5.52 Å². The molecule has 0 saturated heterocycles. The maximum Gasteiger partial charge on any atom is 0.461 e. The second-order valence-electron chi connectivity index (χ2n) is 8.81. The summed E-state index contributed by atoms with van der Waals surface area (Å²) in [6.07, 6.45) is 0. The number of rotatable bonds is 8. The Bertz CT molecular complexity index is 1630. The average molecular weight is 499 g/mol. The minimum atomic E-state index is -0.216. The summed E-state index contributed by atoms with van der Waals surface area (Å²) in [5, 5.41) is 34.2. The van der Waals surface area contributed by atoms with Crippen LogP contribution in [0.25, 0.3) is 33.1 Å². The average Bonchev–Trinajstić information content (AvgIpc) is 2.90. The summed E-state index contributed by atoms with van der Waals surface area (Å²) in [5.74, 6) is -0.276. The fourth-order valence-corrected chi connectivity index (χ4v) is 4.17. The molecule has 3 aromatic carbocycles. The van der Waals surface area contributed by atoms with Gasteiger partial charge in [0.25, 0.3) is 11.4 Å². The lowest BCUT2D eigenvalue weighted by molar-refractivity contribution is -0.672. The molecule has 0 radical (unpaired) electrons. The van der Waals surface area contributed by atoms with Crippen molar-refractivity contribution < 1.29 is 14.4 Å². The molecule has 2 N–H and O–H groups in total. The van der Waals surface area contributed by atoms with Gasteiger partial charge in [-0.3, -0.25) is 10.1 Å². The molecule has 5 rings (SSSR count). The smallest absolute Gasteiger partial charge is 0.461 e. The van der Waals surface area contributed by atoms with Crippen molar-refractivity contribution in [2.45, 2.75) is 6.92 Å². The van der Waals surface area contributed by atoms with Crippen LogP contribution in [0.1, 0.15) is 15.9 Å². The second-order valence-corrected chi connectivity index (χ2v) is 8.81. The minimum Gasteiger partial charge on any atom is -0.739 e. The van der Waals surface area contributed by atoms with E-state index >= 15 is 0 Å². The molecule has 0 saturated carbocycles. The monoisotopic (exact) mass is 498 g/mol. The van der Waals surface area contributed by atoms with Crippen LogP contribution in [0.4, 0.5) is 5.95 Å². The lowest BCUT2D eigenvalue weighted by Crippen LogP contribution is -2.45. The number of carbonyl (C=O) groups excluding carboxylic acids is 1. The van der Waals surface area contributed by atoms with E-state index in [1.807, 2.05) is 43.1 Å². The predicted octanol–water partition coefficient (Wildman–Crippen LogP) is 1.68. The van der Waals surface area contributed by atoms with Crippen molar-refractivity contribution in [1.29, 1.82) is 0 Å². The standard InChI is InChI=1S/C26H26N8O3/c1-17-7-5-9-19-23(17)30-24-18(8-6-10-20(24)29-19)25(35)27-13-15-32(2)16-14-28-26-31-34(37)22-12-4-3-11-21(22)33(26)36/h3-12H,13-16H2,1-2H3,(H,27,35)(H,28,31). The van der Waals surface area contributed by atoms with E-state index in [1.165, 1.54) is 0 Å². The van der Waals surface area contributed by atoms with Crippen LogP contribution >= 0.6 is 0 Å². The lowest BCUT2D eigenvalue weighted by Gasteiger charge is -2.17. The van der Waals surface area contributed by atoms with Gasteiger partial charge in [0, 0.05) is 30.5 Å². The van der Waals surface area contributed by atoms with Crippen LogP contribution in [0.3, 0.4) is 0 Å². The van der Waals surface area contributed by atoms with Crippen molar-refractivity contribution in [1.82, 2.24) is 25.3 Å². The number of nitrogens with one attached hydrogen (secondary N) is 2. The van der Waals surface area contributed by atoms with Crippen molar-refractivity contribution in [2.75, 3.05) is 38.5 Å². The van der Waals surface area contributed by atoms with E-state index in [-0.39, 0.29) is 22.9 Å². The normalized spacial score (nSPS) is 11.4.